The summed E-state index contributed by atoms with van der Waals surface area (Å²) in [6.45, 7) is 20.3. The molecule has 244 valence electrons. The van der Waals surface area contributed by atoms with Crippen LogP contribution in [-0.4, -0.2) is 51.7 Å². The number of aryl methyl sites for hydroxylation is 1. The number of ether oxygens (including phenoxy) is 1. The quantitative estimate of drug-likeness (QED) is 0.100. The first kappa shape index (κ1) is 42.2. The Kier molecular flexibility index (Phi) is 22.1. The number of carbonyl (C=O) groups is 3. The Morgan fingerprint density at radius 1 is 1.11 bits per heavy atom. The minimum atomic E-state index is -1.21. The molecule has 3 aromatic rings. The maximum Gasteiger partial charge on any atom is 0.341 e. The maximum absolute atomic E-state index is 12.7. The molecule has 1 atom stereocenters. The van der Waals surface area contributed by atoms with Crippen LogP contribution in [0.5, 0.6) is 5.75 Å². The van der Waals surface area contributed by atoms with Gasteiger partial charge >= 0.3 is 5.97 Å². The fraction of sp³-hybridized carbons (Fsp3) is 0.306. The number of aliphatic carboxylic acids is 1. The van der Waals surface area contributed by atoms with Crippen molar-refractivity contribution in [1.82, 2.24) is 4.57 Å². The summed E-state index contributed by atoms with van der Waals surface area (Å²) in [6, 6.07) is 13.7. The molecule has 0 radical (unpaired) electrons. The number of carboxylic acids is 1. The van der Waals surface area contributed by atoms with Crippen LogP contribution in [0.3, 0.4) is 0 Å². The molecular formula is C36H49N3O6. The van der Waals surface area contributed by atoms with Gasteiger partial charge in [-0.15, -0.1) is 32.1 Å². The fourth-order valence-corrected chi connectivity index (χ4v) is 3.86. The molecule has 0 fully saturated rings. The van der Waals surface area contributed by atoms with Gasteiger partial charge in [0, 0.05) is 25.2 Å². The lowest BCUT2D eigenvalue weighted by atomic mass is 9.99. The molecule has 2 aromatic carbocycles. The number of aromatic nitrogens is 1. The van der Waals surface area contributed by atoms with Gasteiger partial charge in [-0.25, -0.2) is 4.79 Å². The third kappa shape index (κ3) is 14.4. The molecule has 9 heteroatoms. The van der Waals surface area contributed by atoms with Crippen molar-refractivity contribution >= 4 is 28.6 Å². The van der Waals surface area contributed by atoms with E-state index in [0.29, 0.717) is 28.7 Å². The molecule has 1 unspecified atom stereocenters. The largest absolute Gasteiger partial charge is 0.481 e. The van der Waals surface area contributed by atoms with E-state index in [0.717, 1.165) is 5.57 Å². The number of allylic oxidation sites excluding steroid dienone is 3. The van der Waals surface area contributed by atoms with E-state index in [4.69, 9.17) is 21.3 Å². The van der Waals surface area contributed by atoms with Crippen LogP contribution < -0.4 is 16.2 Å². The minimum Gasteiger partial charge on any atom is -0.481 e. The molecule has 0 bridgehead atoms. The Balaban J connectivity index is 0. The van der Waals surface area contributed by atoms with E-state index in [1.807, 2.05) is 49.6 Å². The number of benzene rings is 2. The molecule has 0 aliphatic rings. The van der Waals surface area contributed by atoms with Crippen LogP contribution in [0, 0.1) is 26.2 Å². The number of aliphatic hydroxyl groups excluding tert-OH is 1. The summed E-state index contributed by atoms with van der Waals surface area (Å²) < 4.78 is 7.39. The highest BCUT2D eigenvalue weighted by atomic mass is 16.5. The van der Waals surface area contributed by atoms with Gasteiger partial charge < -0.3 is 31.0 Å². The average molecular weight is 620 g/mol. The van der Waals surface area contributed by atoms with Crippen LogP contribution in [0.25, 0.3) is 10.9 Å². The number of carbonyl (C=O) groups excluding carboxylic acids is 2. The van der Waals surface area contributed by atoms with Gasteiger partial charge in [-0.05, 0) is 53.2 Å². The predicted molar refractivity (Wildman–Crippen MR) is 184 cm³/mol. The van der Waals surface area contributed by atoms with E-state index in [2.05, 4.69) is 51.1 Å². The Hall–Kier alpha value is -4.91. The number of terminal acetylenes is 1. The molecule has 1 heterocycles. The Bertz CT molecular complexity index is 1450. The predicted octanol–water partition coefficient (Wildman–Crippen LogP) is 5.54. The summed E-state index contributed by atoms with van der Waals surface area (Å²) in [6.07, 6.45) is 7.47. The first-order valence-corrected chi connectivity index (χ1v) is 14.1. The summed E-state index contributed by atoms with van der Waals surface area (Å²) in [5.74, 6) is -0.865. The summed E-state index contributed by atoms with van der Waals surface area (Å²) in [7, 11) is 0. The monoisotopic (exact) mass is 619 g/mol. The van der Waals surface area contributed by atoms with E-state index in [1.54, 1.807) is 32.1 Å². The van der Waals surface area contributed by atoms with Crippen molar-refractivity contribution in [2.24, 2.45) is 11.5 Å². The molecule has 0 spiro atoms. The summed E-state index contributed by atoms with van der Waals surface area (Å²) in [4.78, 5) is 35.5. The number of nitrogens with zero attached hydrogens (tertiary/aromatic N) is 1. The minimum absolute atomic E-state index is 0.00991. The molecule has 1 aromatic heterocycles. The molecule has 6 N–H and O–H groups in total. The number of aliphatic hydroxyl groups is 1. The van der Waals surface area contributed by atoms with Crippen LogP contribution in [0.4, 0.5) is 0 Å². The molecule has 0 aliphatic carbocycles. The number of Topliss-reactive ketones (excluding diaryl/α,β-unsaturated/α-hetero) is 1. The van der Waals surface area contributed by atoms with Crippen LogP contribution in [0.1, 0.15) is 54.9 Å². The maximum atomic E-state index is 12.7. The first-order chi connectivity index (χ1) is 21.3. The second-order valence-electron chi connectivity index (χ2n) is 9.45. The first-order valence-electron chi connectivity index (χ1n) is 14.1. The van der Waals surface area contributed by atoms with Gasteiger partial charge in [0.05, 0.1) is 22.6 Å². The molecule has 0 aliphatic heterocycles. The smallest absolute Gasteiger partial charge is 0.341 e. The van der Waals surface area contributed by atoms with E-state index in [-0.39, 0.29) is 24.3 Å². The van der Waals surface area contributed by atoms with E-state index < -0.39 is 30.4 Å². The standard InChI is InChI=1S/C21H27N3O6.C7H8.C3H6.C3H4.C2H4/c1-4-11(2)9-24-12(3)17(19(28)21(23)29)18-15(24)6-5-13(7-14(25)8-22)20(18)30-10-16(26)27;1-7-5-3-2-4-6-7;2*1-3-2;1-2/h4-6,14,25H,7-10,22H2,1-3H3,(H2,23,29)(H,26,27);2-6H,1H3;3H,1H2,2H3;1H,2H3;1-2H2/b11-4+;;;;. The van der Waals surface area contributed by atoms with Crippen molar-refractivity contribution < 1.29 is 29.3 Å². The van der Waals surface area contributed by atoms with Crippen molar-refractivity contribution in [3.05, 3.63) is 102 Å². The number of rotatable bonds is 10. The Morgan fingerprint density at radius 3 is 2.04 bits per heavy atom. The number of hydrogen-bond acceptors (Lipinski definition) is 6. The fourth-order valence-electron chi connectivity index (χ4n) is 3.86. The van der Waals surface area contributed by atoms with Gasteiger partial charge in [0.2, 0.25) is 0 Å². The van der Waals surface area contributed by atoms with Crippen LogP contribution >= 0.6 is 0 Å². The number of nitrogens with two attached hydrogens (primary N) is 2. The zero-order chi connectivity index (χ0) is 35.1. The zero-order valence-electron chi connectivity index (χ0n) is 27.4. The highest BCUT2D eigenvalue weighted by Crippen LogP contribution is 2.38. The van der Waals surface area contributed by atoms with Crippen molar-refractivity contribution in [2.45, 2.75) is 60.6 Å². The molecule has 0 saturated heterocycles. The normalized spacial score (nSPS) is 10.4. The third-order valence-electron chi connectivity index (χ3n) is 5.88. The lowest BCUT2D eigenvalue weighted by Gasteiger charge is -2.15. The molecule has 1 amide bonds. The lowest BCUT2D eigenvalue weighted by Crippen LogP contribution is -2.24. The van der Waals surface area contributed by atoms with Crippen molar-refractivity contribution in [3.8, 4) is 18.1 Å². The van der Waals surface area contributed by atoms with Gasteiger partial charge in [0.1, 0.15) is 5.75 Å². The number of primary amides is 1. The van der Waals surface area contributed by atoms with Gasteiger partial charge in [-0.2, -0.15) is 0 Å². The Morgan fingerprint density at radius 2 is 1.64 bits per heavy atom. The third-order valence-corrected chi connectivity index (χ3v) is 5.88. The topological polar surface area (TPSA) is 158 Å². The highest BCUT2D eigenvalue weighted by Gasteiger charge is 2.28. The average Bonchev–Trinajstić information content (AvgIpc) is 3.28. The van der Waals surface area contributed by atoms with Gasteiger partial charge in [-0.3, -0.25) is 9.59 Å². The zero-order valence-corrected chi connectivity index (χ0v) is 27.4. The lowest BCUT2D eigenvalue weighted by molar-refractivity contribution is -0.139. The summed E-state index contributed by atoms with van der Waals surface area (Å²) in [5.41, 5.74) is 14.8. The van der Waals surface area contributed by atoms with Crippen LogP contribution in [0.2, 0.25) is 0 Å². The molecule has 45 heavy (non-hydrogen) atoms. The van der Waals surface area contributed by atoms with Crippen molar-refractivity contribution in [3.63, 3.8) is 0 Å². The van der Waals surface area contributed by atoms with Crippen LogP contribution in [0.15, 0.2) is 79.9 Å². The van der Waals surface area contributed by atoms with E-state index >= 15 is 0 Å². The number of amides is 1. The van der Waals surface area contributed by atoms with Gasteiger partial charge in [0.25, 0.3) is 11.7 Å². The number of carboxylic acid groups (broad SMARTS) is 1. The SMILES string of the molecule is C#CC.C/C=C(\C)Cn1c(C)c(C(=O)C(N)=O)c2c(OCC(=O)O)c(CC(O)CN)ccc21.C=C.C=CC.Cc1ccccc1. The van der Waals surface area contributed by atoms with Crippen LogP contribution in [-0.2, 0) is 22.6 Å². The number of fused-ring (bicyclic) bond motifs is 1. The summed E-state index contributed by atoms with van der Waals surface area (Å²) in [5, 5.41) is 19.4. The molecule has 9 nitrogen and oxygen atoms in total. The molecular weight excluding hydrogens is 570 g/mol. The second kappa shape index (κ2) is 23.5. The number of hydrogen-bond donors (Lipinski definition) is 4. The van der Waals surface area contributed by atoms with E-state index in [1.165, 1.54) is 5.56 Å². The Labute approximate surface area is 267 Å². The highest BCUT2D eigenvalue weighted by molar-refractivity contribution is 6.45. The van der Waals surface area contributed by atoms with Crippen molar-refractivity contribution in [1.29, 1.82) is 0 Å². The summed E-state index contributed by atoms with van der Waals surface area (Å²) >= 11 is 0. The van der Waals surface area contributed by atoms with E-state index in [9.17, 15) is 19.5 Å². The molecule has 0 saturated carbocycles. The van der Waals surface area contributed by atoms with Gasteiger partial charge in [0.15, 0.2) is 6.61 Å². The second-order valence-corrected chi connectivity index (χ2v) is 9.45. The molecule has 3 rings (SSSR count). The number of ketones is 1. The van der Waals surface area contributed by atoms with Crippen molar-refractivity contribution in [2.75, 3.05) is 13.2 Å². The van der Waals surface area contributed by atoms with Gasteiger partial charge in [-0.1, -0.05) is 59.7 Å².